The van der Waals surface area contributed by atoms with Gasteiger partial charge in [-0.05, 0) is 17.6 Å². The van der Waals surface area contributed by atoms with Crippen LogP contribution in [0, 0.1) is 11.3 Å². The fraction of sp³-hybridized carbons (Fsp3) is 0.500. The number of nitriles is 1. The molecular weight excluding hydrogens is 170 g/mol. The first-order chi connectivity index (χ1) is 5.84. The highest BCUT2D eigenvalue weighted by Gasteiger charge is 2.05. The highest BCUT2D eigenvalue weighted by Crippen LogP contribution is 2.15. The summed E-state index contributed by atoms with van der Waals surface area (Å²) in [5.41, 5.74) is 5.60. The van der Waals surface area contributed by atoms with E-state index in [-0.39, 0.29) is 6.04 Å². The van der Waals surface area contributed by atoms with Gasteiger partial charge in [-0.15, -0.1) is 0 Å². The van der Waals surface area contributed by atoms with Crippen LogP contribution >= 0.6 is 11.5 Å². The van der Waals surface area contributed by atoms with Gasteiger partial charge in [0.25, 0.3) is 0 Å². The normalized spacial score (nSPS) is 10.8. The second-order valence-electron chi connectivity index (χ2n) is 1.88. The molecule has 0 radical (unpaired) electrons. The smallest absolute Gasteiger partial charge is 0.0642 e. The van der Waals surface area contributed by atoms with Crippen molar-refractivity contribution < 1.29 is 0 Å². The number of rotatable bonds is 2. The van der Waals surface area contributed by atoms with Gasteiger partial charge < -0.3 is 5.73 Å². The Labute approximate surface area is 77.0 Å². The largest absolute Gasteiger partial charge is 0.322 e. The van der Waals surface area contributed by atoms with E-state index in [4.69, 9.17) is 11.0 Å². The second-order valence-corrected chi connectivity index (χ2v) is 2.75. The van der Waals surface area contributed by atoms with E-state index in [2.05, 4.69) is 4.37 Å². The number of hydrogen-bond donors (Lipinski definition) is 1. The third-order valence-corrected chi connectivity index (χ3v) is 2.01. The van der Waals surface area contributed by atoms with Crippen LogP contribution in [-0.4, -0.2) is 4.37 Å². The van der Waals surface area contributed by atoms with Gasteiger partial charge >= 0.3 is 0 Å². The fourth-order valence-electron chi connectivity index (χ4n) is 0.616. The molecule has 0 aliphatic carbocycles. The van der Waals surface area contributed by atoms with E-state index in [9.17, 15) is 0 Å². The zero-order chi connectivity index (χ0) is 9.40. The number of hydrogen-bond acceptors (Lipinski definition) is 4. The summed E-state index contributed by atoms with van der Waals surface area (Å²) < 4.78 is 3.88. The Morgan fingerprint density at radius 2 is 2.42 bits per heavy atom. The molecule has 0 aliphatic heterocycles. The van der Waals surface area contributed by atoms with E-state index in [0.717, 1.165) is 4.88 Å². The molecule has 0 aromatic carbocycles. The average molecular weight is 183 g/mol. The summed E-state index contributed by atoms with van der Waals surface area (Å²) in [7, 11) is 0. The van der Waals surface area contributed by atoms with Crippen LogP contribution in [0.4, 0.5) is 0 Å². The summed E-state index contributed by atoms with van der Waals surface area (Å²) in [6, 6.07) is 3.69. The molecule has 1 heterocycles. The van der Waals surface area contributed by atoms with Crippen LogP contribution in [0.2, 0.25) is 0 Å². The minimum absolute atomic E-state index is 0.155. The molecule has 2 N–H and O–H groups in total. The molecule has 0 fully saturated rings. The molecule has 1 rings (SSSR count). The SMILES string of the molecule is CC.N#CC[C@H](N)c1ccns1. The maximum absolute atomic E-state index is 8.29. The lowest BCUT2D eigenvalue weighted by Crippen LogP contribution is -2.06. The summed E-state index contributed by atoms with van der Waals surface area (Å²) in [5.74, 6) is 0. The van der Waals surface area contributed by atoms with Gasteiger partial charge in [0.2, 0.25) is 0 Å². The van der Waals surface area contributed by atoms with Crippen LogP contribution in [-0.2, 0) is 0 Å². The highest BCUT2D eigenvalue weighted by atomic mass is 32.1. The van der Waals surface area contributed by atoms with E-state index in [1.54, 1.807) is 6.20 Å². The fourth-order valence-corrected chi connectivity index (χ4v) is 1.20. The Morgan fingerprint density at radius 3 is 2.83 bits per heavy atom. The lowest BCUT2D eigenvalue weighted by Gasteiger charge is -1.99. The van der Waals surface area contributed by atoms with E-state index >= 15 is 0 Å². The van der Waals surface area contributed by atoms with Gasteiger partial charge in [-0.2, -0.15) is 5.26 Å². The van der Waals surface area contributed by atoms with Gasteiger partial charge in [0.15, 0.2) is 0 Å². The molecule has 4 heteroatoms. The third kappa shape index (κ3) is 3.46. The van der Waals surface area contributed by atoms with E-state index in [1.807, 2.05) is 26.0 Å². The summed E-state index contributed by atoms with van der Waals surface area (Å²) in [6.45, 7) is 4.00. The van der Waals surface area contributed by atoms with Gasteiger partial charge in [-0.25, -0.2) is 4.37 Å². The molecule has 1 aromatic heterocycles. The van der Waals surface area contributed by atoms with Crippen molar-refractivity contribution >= 4 is 11.5 Å². The first kappa shape index (κ1) is 11.1. The van der Waals surface area contributed by atoms with Crippen LogP contribution in [0.25, 0.3) is 0 Å². The maximum atomic E-state index is 8.29. The molecular formula is C8H13N3S. The van der Waals surface area contributed by atoms with Gasteiger partial charge in [0, 0.05) is 11.1 Å². The van der Waals surface area contributed by atoms with Crippen molar-refractivity contribution in [2.75, 3.05) is 0 Å². The molecule has 0 saturated heterocycles. The number of nitrogens with zero attached hydrogens (tertiary/aromatic N) is 2. The Morgan fingerprint density at radius 1 is 1.75 bits per heavy atom. The van der Waals surface area contributed by atoms with Crippen molar-refractivity contribution in [3.63, 3.8) is 0 Å². The zero-order valence-corrected chi connectivity index (χ0v) is 8.14. The van der Waals surface area contributed by atoms with Crippen LogP contribution < -0.4 is 5.73 Å². The Bertz CT molecular complexity index is 225. The third-order valence-electron chi connectivity index (χ3n) is 1.13. The Hall–Kier alpha value is -0.920. The topological polar surface area (TPSA) is 62.7 Å². The van der Waals surface area contributed by atoms with Crippen molar-refractivity contribution in [1.29, 1.82) is 5.26 Å². The van der Waals surface area contributed by atoms with Crippen molar-refractivity contribution in [1.82, 2.24) is 4.37 Å². The summed E-state index contributed by atoms with van der Waals surface area (Å²) in [5, 5.41) is 8.29. The Kier molecular flexibility index (Phi) is 6.25. The van der Waals surface area contributed by atoms with E-state index in [0.29, 0.717) is 6.42 Å². The molecule has 0 bridgehead atoms. The molecule has 0 unspecified atom stereocenters. The molecule has 66 valence electrons. The molecule has 1 aromatic rings. The molecule has 0 aliphatic rings. The first-order valence-electron chi connectivity index (χ1n) is 3.87. The van der Waals surface area contributed by atoms with Gasteiger partial charge in [-0.3, -0.25) is 0 Å². The highest BCUT2D eigenvalue weighted by molar-refractivity contribution is 7.05. The monoisotopic (exact) mass is 183 g/mol. The summed E-state index contributed by atoms with van der Waals surface area (Å²) in [4.78, 5) is 0.974. The van der Waals surface area contributed by atoms with Crippen LogP contribution in [0.5, 0.6) is 0 Å². The second kappa shape index (κ2) is 6.77. The van der Waals surface area contributed by atoms with Crippen molar-refractivity contribution in [2.45, 2.75) is 26.3 Å². The van der Waals surface area contributed by atoms with Gasteiger partial charge in [0.05, 0.1) is 18.5 Å². The van der Waals surface area contributed by atoms with Crippen LogP contribution in [0.3, 0.4) is 0 Å². The molecule has 1 atom stereocenters. The van der Waals surface area contributed by atoms with Crippen molar-refractivity contribution in [3.05, 3.63) is 17.1 Å². The van der Waals surface area contributed by atoms with Gasteiger partial charge in [-0.1, -0.05) is 13.8 Å². The first-order valence-corrected chi connectivity index (χ1v) is 4.65. The number of nitrogens with two attached hydrogens (primary N) is 1. The standard InChI is InChI=1S/C6H7N3S.C2H6/c7-3-1-5(8)6-2-4-9-10-6;1-2/h2,4-5H,1,8H2;1-2H3/t5-;/m0./s1. The zero-order valence-electron chi connectivity index (χ0n) is 7.32. The maximum Gasteiger partial charge on any atom is 0.0642 e. The average Bonchev–Trinajstić information content (AvgIpc) is 2.60. The van der Waals surface area contributed by atoms with E-state index in [1.165, 1.54) is 11.5 Å². The predicted octanol–water partition coefficient (Wildman–Crippen LogP) is 2.08. The summed E-state index contributed by atoms with van der Waals surface area (Å²) >= 11 is 1.34. The predicted molar refractivity (Wildman–Crippen MR) is 50.6 cm³/mol. The Balaban J connectivity index is 0.000000561. The molecule has 0 amide bonds. The molecule has 12 heavy (non-hydrogen) atoms. The number of aromatic nitrogens is 1. The minimum atomic E-state index is -0.155. The van der Waals surface area contributed by atoms with Gasteiger partial charge in [0.1, 0.15) is 0 Å². The lowest BCUT2D eigenvalue weighted by molar-refractivity contribution is 0.765. The van der Waals surface area contributed by atoms with Crippen LogP contribution in [0.15, 0.2) is 12.3 Å². The van der Waals surface area contributed by atoms with Crippen LogP contribution in [0.1, 0.15) is 31.2 Å². The lowest BCUT2D eigenvalue weighted by atomic mass is 10.2. The molecule has 0 spiro atoms. The quantitative estimate of drug-likeness (QED) is 0.763. The van der Waals surface area contributed by atoms with E-state index < -0.39 is 0 Å². The van der Waals surface area contributed by atoms with Crippen molar-refractivity contribution in [3.8, 4) is 6.07 Å². The minimum Gasteiger partial charge on any atom is -0.322 e. The molecule has 0 saturated carbocycles. The van der Waals surface area contributed by atoms with Crippen molar-refractivity contribution in [2.24, 2.45) is 5.73 Å². The summed E-state index contributed by atoms with van der Waals surface area (Å²) in [6.07, 6.45) is 2.05. The molecule has 3 nitrogen and oxygen atoms in total.